The lowest BCUT2D eigenvalue weighted by atomic mass is 10.2. The minimum Gasteiger partial charge on any atom is -0.496 e. The van der Waals surface area contributed by atoms with Gasteiger partial charge in [0.25, 0.3) is 0 Å². The van der Waals surface area contributed by atoms with Crippen molar-refractivity contribution in [1.29, 1.82) is 0 Å². The first-order chi connectivity index (χ1) is 8.97. The van der Waals surface area contributed by atoms with E-state index in [4.69, 9.17) is 9.47 Å². The molecule has 19 heavy (non-hydrogen) atoms. The number of aliphatic hydroxyl groups is 1. The molecule has 0 radical (unpaired) electrons. The summed E-state index contributed by atoms with van der Waals surface area (Å²) < 4.78 is 35.6. The zero-order chi connectivity index (χ0) is 14.5. The maximum absolute atomic E-state index is 12.3. The molecule has 0 unspecified atom stereocenters. The van der Waals surface area contributed by atoms with Gasteiger partial charge in [-0.05, 0) is 18.2 Å². The van der Waals surface area contributed by atoms with Gasteiger partial charge in [0.2, 0.25) is 10.0 Å². The molecule has 1 N–H and O–H groups in total. The van der Waals surface area contributed by atoms with Crippen LogP contribution in [-0.2, 0) is 21.4 Å². The number of benzene rings is 1. The van der Waals surface area contributed by atoms with Crippen molar-refractivity contribution in [3.8, 4) is 5.75 Å². The Balaban J connectivity index is 3.08. The Labute approximate surface area is 113 Å². The summed E-state index contributed by atoms with van der Waals surface area (Å²) in [5.41, 5.74) is 0.434. The van der Waals surface area contributed by atoms with Crippen LogP contribution in [0.15, 0.2) is 23.1 Å². The molecule has 108 valence electrons. The monoisotopic (exact) mass is 289 g/mol. The van der Waals surface area contributed by atoms with E-state index in [1.807, 2.05) is 0 Å². The Kier molecular flexibility index (Phi) is 5.74. The van der Waals surface area contributed by atoms with Gasteiger partial charge in [-0.3, -0.25) is 0 Å². The molecule has 0 spiro atoms. The number of aliphatic hydroxyl groups excluding tert-OH is 1. The lowest BCUT2D eigenvalue weighted by Gasteiger charge is -2.17. The van der Waals surface area contributed by atoms with Crippen molar-refractivity contribution in [2.24, 2.45) is 0 Å². The molecule has 0 atom stereocenters. The van der Waals surface area contributed by atoms with Crippen LogP contribution in [0.1, 0.15) is 5.56 Å². The minimum absolute atomic E-state index is 0.121. The summed E-state index contributed by atoms with van der Waals surface area (Å²) in [6, 6.07) is 4.40. The highest BCUT2D eigenvalue weighted by Crippen LogP contribution is 2.24. The molecule has 0 amide bonds. The smallest absolute Gasteiger partial charge is 0.242 e. The van der Waals surface area contributed by atoms with Crippen LogP contribution in [0.5, 0.6) is 5.75 Å². The van der Waals surface area contributed by atoms with Gasteiger partial charge in [0.1, 0.15) is 5.75 Å². The van der Waals surface area contributed by atoms with Crippen LogP contribution in [0, 0.1) is 0 Å². The molecule has 1 aromatic carbocycles. The average molecular weight is 289 g/mol. The maximum Gasteiger partial charge on any atom is 0.242 e. The van der Waals surface area contributed by atoms with Gasteiger partial charge in [-0.1, -0.05) is 0 Å². The molecule has 1 aromatic rings. The van der Waals surface area contributed by atoms with Gasteiger partial charge in [-0.2, -0.15) is 4.31 Å². The van der Waals surface area contributed by atoms with Gasteiger partial charge >= 0.3 is 0 Å². The first kappa shape index (κ1) is 15.9. The minimum atomic E-state index is -3.58. The van der Waals surface area contributed by atoms with Crippen LogP contribution in [-0.4, -0.2) is 52.2 Å². The summed E-state index contributed by atoms with van der Waals surface area (Å²) in [4.78, 5) is 0.121. The number of likely N-dealkylation sites (N-methyl/N-ethyl adjacent to an activating group) is 1. The first-order valence-electron chi connectivity index (χ1n) is 5.70. The van der Waals surface area contributed by atoms with Crippen LogP contribution in [0.25, 0.3) is 0 Å². The topological polar surface area (TPSA) is 76.1 Å². The lowest BCUT2D eigenvalue weighted by molar-refractivity contribution is 0.185. The standard InChI is InChI=1S/C12H19NO5S/c1-13(6-7-17-2)19(15,16)11-4-5-12(18-3)10(8-11)9-14/h4-5,8,14H,6-7,9H2,1-3H3. The molecule has 1 rings (SSSR count). The second kappa shape index (κ2) is 6.85. The van der Waals surface area contributed by atoms with Crippen LogP contribution in [0.2, 0.25) is 0 Å². The predicted molar refractivity (Wildman–Crippen MR) is 70.6 cm³/mol. The predicted octanol–water partition coefficient (Wildman–Crippen LogP) is 0.454. The van der Waals surface area contributed by atoms with Crippen molar-refractivity contribution in [3.63, 3.8) is 0 Å². The summed E-state index contributed by atoms with van der Waals surface area (Å²) in [5.74, 6) is 0.459. The highest BCUT2D eigenvalue weighted by molar-refractivity contribution is 7.89. The third-order valence-electron chi connectivity index (χ3n) is 2.74. The molecule has 0 saturated heterocycles. The van der Waals surface area contributed by atoms with Crippen molar-refractivity contribution < 1.29 is 23.0 Å². The van der Waals surface area contributed by atoms with E-state index in [-0.39, 0.29) is 18.0 Å². The highest BCUT2D eigenvalue weighted by atomic mass is 32.2. The van der Waals surface area contributed by atoms with Crippen LogP contribution < -0.4 is 4.74 Å². The van der Waals surface area contributed by atoms with Gasteiger partial charge in [-0.15, -0.1) is 0 Å². The quantitative estimate of drug-likeness (QED) is 0.789. The maximum atomic E-state index is 12.3. The van der Waals surface area contributed by atoms with E-state index in [1.165, 1.54) is 43.8 Å². The van der Waals surface area contributed by atoms with Crippen LogP contribution in [0.3, 0.4) is 0 Å². The Morgan fingerprint density at radius 2 is 2.00 bits per heavy atom. The SMILES string of the molecule is COCCN(C)S(=O)(=O)c1ccc(OC)c(CO)c1. The second-order valence-corrected chi connectivity index (χ2v) is 6.00. The van der Waals surface area contributed by atoms with Crippen molar-refractivity contribution in [2.45, 2.75) is 11.5 Å². The number of ether oxygens (including phenoxy) is 2. The number of nitrogens with zero attached hydrogens (tertiary/aromatic N) is 1. The van der Waals surface area contributed by atoms with E-state index in [2.05, 4.69) is 0 Å². The van der Waals surface area contributed by atoms with Crippen molar-refractivity contribution in [3.05, 3.63) is 23.8 Å². The summed E-state index contributed by atoms with van der Waals surface area (Å²) in [6.07, 6.45) is 0. The molecule has 6 nitrogen and oxygen atoms in total. The highest BCUT2D eigenvalue weighted by Gasteiger charge is 2.21. The molecule has 0 aromatic heterocycles. The van der Waals surface area contributed by atoms with E-state index < -0.39 is 10.0 Å². The molecule has 0 saturated carbocycles. The zero-order valence-corrected chi connectivity index (χ0v) is 12.1. The Bertz CT molecular complexity index is 515. The Morgan fingerprint density at radius 1 is 1.32 bits per heavy atom. The van der Waals surface area contributed by atoms with Crippen molar-refractivity contribution in [2.75, 3.05) is 34.4 Å². The van der Waals surface area contributed by atoms with Crippen molar-refractivity contribution >= 4 is 10.0 Å². The Hall–Kier alpha value is -1.15. The van der Waals surface area contributed by atoms with Gasteiger partial charge in [0.15, 0.2) is 0 Å². The summed E-state index contributed by atoms with van der Waals surface area (Å²) in [6.45, 7) is 0.298. The second-order valence-electron chi connectivity index (χ2n) is 3.95. The van der Waals surface area contributed by atoms with Crippen molar-refractivity contribution in [1.82, 2.24) is 4.31 Å². The van der Waals surface area contributed by atoms with E-state index in [9.17, 15) is 13.5 Å². The number of methoxy groups -OCH3 is 2. The number of rotatable bonds is 7. The normalized spacial score (nSPS) is 11.8. The largest absolute Gasteiger partial charge is 0.496 e. The van der Waals surface area contributed by atoms with Gasteiger partial charge < -0.3 is 14.6 Å². The fraction of sp³-hybridized carbons (Fsp3) is 0.500. The molecular formula is C12H19NO5S. The van der Waals surface area contributed by atoms with Crippen LogP contribution in [0.4, 0.5) is 0 Å². The van der Waals surface area contributed by atoms with E-state index >= 15 is 0 Å². The summed E-state index contributed by atoms with van der Waals surface area (Å²) in [7, 11) is 0.878. The fourth-order valence-electron chi connectivity index (χ4n) is 1.56. The Morgan fingerprint density at radius 3 is 2.53 bits per heavy atom. The average Bonchev–Trinajstić information content (AvgIpc) is 2.43. The van der Waals surface area contributed by atoms with Gasteiger partial charge in [0.05, 0.1) is 25.2 Å². The number of sulfonamides is 1. The third kappa shape index (κ3) is 3.66. The summed E-state index contributed by atoms with van der Waals surface area (Å²) >= 11 is 0. The molecule has 0 heterocycles. The number of hydrogen-bond acceptors (Lipinski definition) is 5. The van der Waals surface area contributed by atoms with Gasteiger partial charge in [-0.25, -0.2) is 8.42 Å². The molecular weight excluding hydrogens is 270 g/mol. The lowest BCUT2D eigenvalue weighted by Crippen LogP contribution is -2.30. The fourth-order valence-corrected chi connectivity index (χ4v) is 2.76. The molecule has 0 fully saturated rings. The van der Waals surface area contributed by atoms with E-state index in [0.717, 1.165) is 0 Å². The van der Waals surface area contributed by atoms with E-state index in [0.29, 0.717) is 17.9 Å². The molecule has 0 bridgehead atoms. The zero-order valence-electron chi connectivity index (χ0n) is 11.3. The molecule has 0 aliphatic carbocycles. The molecule has 0 aliphatic rings. The van der Waals surface area contributed by atoms with Crippen LogP contribution >= 0.6 is 0 Å². The third-order valence-corrected chi connectivity index (χ3v) is 4.59. The molecule has 0 aliphatic heterocycles. The molecule has 7 heteroatoms. The first-order valence-corrected chi connectivity index (χ1v) is 7.14. The van der Waals surface area contributed by atoms with Gasteiger partial charge in [0, 0.05) is 26.3 Å². The number of hydrogen-bond donors (Lipinski definition) is 1. The van der Waals surface area contributed by atoms with E-state index in [1.54, 1.807) is 0 Å². The summed E-state index contributed by atoms with van der Waals surface area (Å²) in [5, 5.41) is 9.21.